The Kier molecular flexibility index (Phi) is 5.44. The summed E-state index contributed by atoms with van der Waals surface area (Å²) in [7, 11) is -3.32. The van der Waals surface area contributed by atoms with Crippen molar-refractivity contribution in [2.75, 3.05) is 5.75 Å². The van der Waals surface area contributed by atoms with Crippen molar-refractivity contribution in [3.63, 3.8) is 0 Å². The summed E-state index contributed by atoms with van der Waals surface area (Å²) in [5.74, 6) is 0.0284. The van der Waals surface area contributed by atoms with E-state index in [1.165, 1.54) is 0 Å². The van der Waals surface area contributed by atoms with Crippen molar-refractivity contribution in [1.29, 1.82) is 0 Å². The second-order valence-electron chi connectivity index (χ2n) is 4.74. The topological polar surface area (TPSA) is 85.1 Å². The number of rotatable bonds is 7. The van der Waals surface area contributed by atoms with Crippen molar-refractivity contribution in [3.05, 3.63) is 65.5 Å². The fourth-order valence-corrected chi connectivity index (χ4v) is 2.93. The molecular weight excluding hydrogens is 286 g/mol. The molecule has 1 aromatic carbocycles. The first-order valence-electron chi connectivity index (χ1n) is 6.74. The quantitative estimate of drug-likeness (QED) is 0.805. The van der Waals surface area contributed by atoms with Crippen LogP contribution in [-0.4, -0.2) is 19.2 Å². The highest BCUT2D eigenvalue weighted by molar-refractivity contribution is 7.89. The molecule has 0 saturated heterocycles. The van der Waals surface area contributed by atoms with Crippen LogP contribution in [0.1, 0.15) is 16.8 Å². The summed E-state index contributed by atoms with van der Waals surface area (Å²) in [5, 5.41) is 0. The Balaban J connectivity index is 1.89. The van der Waals surface area contributed by atoms with Gasteiger partial charge in [-0.3, -0.25) is 4.98 Å². The third-order valence-electron chi connectivity index (χ3n) is 3.08. The average molecular weight is 305 g/mol. The molecule has 0 aliphatic rings. The number of aryl methyl sites for hydroxylation is 1. The van der Waals surface area contributed by atoms with Crippen molar-refractivity contribution >= 4 is 10.0 Å². The van der Waals surface area contributed by atoms with Gasteiger partial charge >= 0.3 is 0 Å². The van der Waals surface area contributed by atoms with Gasteiger partial charge in [0.15, 0.2) is 0 Å². The molecule has 0 aliphatic carbocycles. The van der Waals surface area contributed by atoms with Gasteiger partial charge in [0.25, 0.3) is 0 Å². The summed E-state index contributed by atoms with van der Waals surface area (Å²) < 4.78 is 26.5. The Morgan fingerprint density at radius 2 is 1.90 bits per heavy atom. The highest BCUT2D eigenvalue weighted by Crippen LogP contribution is 2.05. The van der Waals surface area contributed by atoms with Crippen molar-refractivity contribution < 1.29 is 8.42 Å². The van der Waals surface area contributed by atoms with Gasteiger partial charge in [-0.1, -0.05) is 30.3 Å². The third-order valence-corrected chi connectivity index (χ3v) is 4.40. The predicted octanol–water partition coefficient (Wildman–Crippen LogP) is 1.20. The normalized spacial score (nSPS) is 11.5. The van der Waals surface area contributed by atoms with Crippen LogP contribution in [0.25, 0.3) is 0 Å². The maximum atomic E-state index is 12.0. The molecule has 2 rings (SSSR count). The van der Waals surface area contributed by atoms with Crippen LogP contribution in [0.15, 0.2) is 48.7 Å². The highest BCUT2D eigenvalue weighted by atomic mass is 32.2. The van der Waals surface area contributed by atoms with Crippen molar-refractivity contribution in [1.82, 2.24) is 9.71 Å². The molecule has 6 heteroatoms. The summed E-state index contributed by atoms with van der Waals surface area (Å²) in [6, 6.07) is 13.0. The van der Waals surface area contributed by atoms with Gasteiger partial charge < -0.3 is 5.73 Å². The lowest BCUT2D eigenvalue weighted by Gasteiger charge is -2.07. The van der Waals surface area contributed by atoms with E-state index in [-0.39, 0.29) is 12.3 Å². The fourth-order valence-electron chi connectivity index (χ4n) is 1.92. The highest BCUT2D eigenvalue weighted by Gasteiger charge is 2.10. The van der Waals surface area contributed by atoms with Crippen LogP contribution in [0.4, 0.5) is 0 Å². The van der Waals surface area contributed by atoms with Gasteiger partial charge in [0.1, 0.15) is 0 Å². The molecule has 3 N–H and O–H groups in total. The standard InChI is InChI=1S/C15H19N3O2S/c16-11-13-4-3-5-14(10-13)12-18-21(19,20)9-7-15-6-1-2-8-17-15/h1-6,8,10,18H,7,9,11-12,16H2. The minimum atomic E-state index is -3.32. The average Bonchev–Trinajstić information content (AvgIpc) is 2.52. The number of nitrogens with one attached hydrogen (secondary N) is 1. The largest absolute Gasteiger partial charge is 0.326 e. The molecule has 0 fully saturated rings. The molecule has 1 aromatic heterocycles. The molecule has 1 heterocycles. The molecule has 0 aliphatic heterocycles. The van der Waals surface area contributed by atoms with Crippen LogP contribution in [0, 0.1) is 0 Å². The van der Waals surface area contributed by atoms with E-state index in [0.29, 0.717) is 13.0 Å². The van der Waals surface area contributed by atoms with E-state index < -0.39 is 10.0 Å². The number of sulfonamides is 1. The zero-order valence-electron chi connectivity index (χ0n) is 11.7. The smallest absolute Gasteiger partial charge is 0.212 e. The number of nitrogens with zero attached hydrogens (tertiary/aromatic N) is 1. The van der Waals surface area contributed by atoms with Gasteiger partial charge in [0.2, 0.25) is 10.0 Å². The van der Waals surface area contributed by atoms with Crippen molar-refractivity contribution in [2.24, 2.45) is 5.73 Å². The number of nitrogens with two attached hydrogens (primary N) is 1. The lowest BCUT2D eigenvalue weighted by Crippen LogP contribution is -2.27. The first-order chi connectivity index (χ1) is 10.1. The summed E-state index contributed by atoms with van der Waals surface area (Å²) in [5.41, 5.74) is 8.23. The van der Waals surface area contributed by atoms with Gasteiger partial charge in [-0.25, -0.2) is 13.1 Å². The maximum absolute atomic E-state index is 12.0. The minimum absolute atomic E-state index is 0.0284. The van der Waals surface area contributed by atoms with Crippen LogP contribution in [0.2, 0.25) is 0 Å². The summed E-state index contributed by atoms with van der Waals surface area (Å²) in [6.07, 6.45) is 2.06. The lowest BCUT2D eigenvalue weighted by molar-refractivity contribution is 0.580. The first-order valence-corrected chi connectivity index (χ1v) is 8.39. The zero-order valence-corrected chi connectivity index (χ0v) is 12.5. The van der Waals surface area contributed by atoms with Gasteiger partial charge in [-0.05, 0) is 23.3 Å². The van der Waals surface area contributed by atoms with E-state index in [2.05, 4.69) is 9.71 Å². The number of aromatic nitrogens is 1. The molecule has 2 aromatic rings. The number of hydrogen-bond donors (Lipinski definition) is 2. The fraction of sp³-hybridized carbons (Fsp3) is 0.267. The molecule has 0 amide bonds. The van der Waals surface area contributed by atoms with Gasteiger partial charge in [-0.15, -0.1) is 0 Å². The molecule has 112 valence electrons. The monoisotopic (exact) mass is 305 g/mol. The molecular formula is C15H19N3O2S. The van der Waals surface area contributed by atoms with Crippen molar-refractivity contribution in [3.8, 4) is 0 Å². The van der Waals surface area contributed by atoms with Crippen LogP contribution in [-0.2, 0) is 29.5 Å². The van der Waals surface area contributed by atoms with E-state index in [1.54, 1.807) is 12.3 Å². The Bertz CT molecular complexity index is 672. The maximum Gasteiger partial charge on any atom is 0.212 e. The van der Waals surface area contributed by atoms with Gasteiger partial charge in [0, 0.05) is 31.4 Å². The number of hydrogen-bond acceptors (Lipinski definition) is 4. The van der Waals surface area contributed by atoms with E-state index >= 15 is 0 Å². The predicted molar refractivity (Wildman–Crippen MR) is 82.9 cm³/mol. The second-order valence-corrected chi connectivity index (χ2v) is 6.66. The third kappa shape index (κ3) is 5.26. The summed E-state index contributed by atoms with van der Waals surface area (Å²) in [6.45, 7) is 0.721. The molecule has 0 bridgehead atoms. The molecule has 0 saturated carbocycles. The zero-order chi connectivity index (χ0) is 15.1. The van der Waals surface area contributed by atoms with E-state index in [0.717, 1.165) is 16.8 Å². The Morgan fingerprint density at radius 1 is 1.10 bits per heavy atom. The molecule has 21 heavy (non-hydrogen) atoms. The first kappa shape index (κ1) is 15.6. The Labute approximate surface area is 125 Å². The van der Waals surface area contributed by atoms with E-state index in [4.69, 9.17) is 5.73 Å². The Morgan fingerprint density at radius 3 is 2.62 bits per heavy atom. The van der Waals surface area contributed by atoms with E-state index in [9.17, 15) is 8.42 Å². The van der Waals surface area contributed by atoms with Crippen LogP contribution in [0.5, 0.6) is 0 Å². The van der Waals surface area contributed by atoms with Gasteiger partial charge in [-0.2, -0.15) is 0 Å². The Hall–Kier alpha value is -1.76. The number of benzene rings is 1. The summed E-state index contributed by atoms with van der Waals surface area (Å²) >= 11 is 0. The van der Waals surface area contributed by atoms with Crippen LogP contribution >= 0.6 is 0 Å². The molecule has 0 spiro atoms. The minimum Gasteiger partial charge on any atom is -0.326 e. The van der Waals surface area contributed by atoms with Crippen LogP contribution < -0.4 is 10.5 Å². The van der Waals surface area contributed by atoms with Gasteiger partial charge in [0.05, 0.1) is 5.75 Å². The summed E-state index contributed by atoms with van der Waals surface area (Å²) in [4.78, 5) is 4.12. The molecule has 5 nitrogen and oxygen atoms in total. The molecule has 0 radical (unpaired) electrons. The number of pyridine rings is 1. The SMILES string of the molecule is NCc1cccc(CNS(=O)(=O)CCc2ccccn2)c1. The molecule has 0 atom stereocenters. The van der Waals surface area contributed by atoms with Crippen molar-refractivity contribution in [2.45, 2.75) is 19.5 Å². The second kappa shape index (κ2) is 7.31. The molecule has 0 unspecified atom stereocenters. The lowest BCUT2D eigenvalue weighted by atomic mass is 10.1. The van der Waals surface area contributed by atoms with E-state index in [1.807, 2.05) is 36.4 Å². The van der Waals surface area contributed by atoms with Crippen LogP contribution in [0.3, 0.4) is 0 Å².